The van der Waals surface area contributed by atoms with Gasteiger partial charge in [-0.3, -0.25) is 0 Å². The Morgan fingerprint density at radius 3 is 2.64 bits per heavy atom. The fourth-order valence-electron chi connectivity index (χ4n) is 1.97. The number of halogens is 1. The lowest BCUT2D eigenvalue weighted by Crippen LogP contribution is -2.30. The van der Waals surface area contributed by atoms with Crippen LogP contribution in [0.1, 0.15) is 4.88 Å². The highest BCUT2D eigenvalue weighted by Gasteiger charge is 2.27. The number of nitrogens with zero attached hydrogens (tertiary/aromatic N) is 1. The van der Waals surface area contributed by atoms with Crippen molar-refractivity contribution in [3.63, 3.8) is 0 Å². The Hall–Kier alpha value is -1.34. The first-order valence-corrected chi connectivity index (χ1v) is 9.10. The number of ether oxygens (including phenoxy) is 1. The largest absolute Gasteiger partial charge is 0.495 e. The van der Waals surface area contributed by atoms with Gasteiger partial charge in [-0.05, 0) is 24.3 Å². The van der Waals surface area contributed by atoms with Gasteiger partial charge in [0.1, 0.15) is 10.6 Å². The van der Waals surface area contributed by atoms with E-state index in [2.05, 4.69) is 6.58 Å². The second-order valence-corrected chi connectivity index (χ2v) is 8.15. The summed E-state index contributed by atoms with van der Waals surface area (Å²) in [6.45, 7) is 4.08. The van der Waals surface area contributed by atoms with Crippen molar-refractivity contribution in [3.05, 3.63) is 58.3 Å². The van der Waals surface area contributed by atoms with Gasteiger partial charge < -0.3 is 4.74 Å². The van der Waals surface area contributed by atoms with Crippen molar-refractivity contribution >= 4 is 33.0 Å². The summed E-state index contributed by atoms with van der Waals surface area (Å²) in [5.41, 5.74) is 0. The molecule has 0 saturated heterocycles. The summed E-state index contributed by atoms with van der Waals surface area (Å²) in [5.74, 6) is 0.320. The van der Waals surface area contributed by atoms with E-state index < -0.39 is 10.0 Å². The molecular weight excluding hydrogens is 342 g/mol. The Kier molecular flexibility index (Phi) is 5.63. The Balaban J connectivity index is 2.39. The van der Waals surface area contributed by atoms with Gasteiger partial charge in [-0.15, -0.1) is 17.9 Å². The zero-order valence-electron chi connectivity index (χ0n) is 12.0. The van der Waals surface area contributed by atoms with Crippen molar-refractivity contribution < 1.29 is 13.2 Å². The number of benzene rings is 1. The van der Waals surface area contributed by atoms with Crippen molar-refractivity contribution in [2.75, 3.05) is 13.7 Å². The highest BCUT2D eigenvalue weighted by atomic mass is 35.5. The minimum absolute atomic E-state index is 0.141. The topological polar surface area (TPSA) is 46.6 Å². The van der Waals surface area contributed by atoms with Crippen LogP contribution in [-0.4, -0.2) is 26.4 Å². The minimum Gasteiger partial charge on any atom is -0.495 e. The fourth-order valence-corrected chi connectivity index (χ4v) is 4.70. The van der Waals surface area contributed by atoms with E-state index in [1.165, 1.54) is 28.8 Å². The summed E-state index contributed by atoms with van der Waals surface area (Å²) in [7, 11) is -2.24. The minimum atomic E-state index is -3.69. The maximum atomic E-state index is 12.9. The molecule has 0 saturated carbocycles. The molecule has 0 atom stereocenters. The van der Waals surface area contributed by atoms with E-state index in [0.717, 1.165) is 4.88 Å². The number of rotatable bonds is 7. The van der Waals surface area contributed by atoms with Crippen molar-refractivity contribution in [2.24, 2.45) is 0 Å². The van der Waals surface area contributed by atoms with Gasteiger partial charge in [0.05, 0.1) is 11.4 Å². The molecule has 1 aromatic carbocycles. The van der Waals surface area contributed by atoms with Gasteiger partial charge in [0.25, 0.3) is 0 Å². The van der Waals surface area contributed by atoms with Crippen LogP contribution in [0.25, 0.3) is 0 Å². The summed E-state index contributed by atoms with van der Waals surface area (Å²) in [6, 6.07) is 10.1. The molecule has 4 nitrogen and oxygen atoms in total. The van der Waals surface area contributed by atoms with E-state index in [4.69, 9.17) is 16.3 Å². The second-order valence-electron chi connectivity index (χ2n) is 4.44. The Morgan fingerprint density at radius 2 is 2.05 bits per heavy atom. The van der Waals surface area contributed by atoms with Crippen LogP contribution in [0, 0.1) is 0 Å². The SMILES string of the molecule is C=CCN(Cc1ccc(Cl)s1)S(=O)(=O)c1ccccc1OC. The van der Waals surface area contributed by atoms with E-state index >= 15 is 0 Å². The predicted molar refractivity (Wildman–Crippen MR) is 90.1 cm³/mol. The zero-order valence-corrected chi connectivity index (χ0v) is 14.4. The number of thiophene rings is 1. The third kappa shape index (κ3) is 3.70. The Bertz CT molecular complexity index is 756. The number of para-hydroxylation sites is 1. The Morgan fingerprint density at radius 1 is 1.32 bits per heavy atom. The van der Waals surface area contributed by atoms with E-state index in [0.29, 0.717) is 10.1 Å². The first kappa shape index (κ1) is 17.0. The van der Waals surface area contributed by atoms with Gasteiger partial charge in [-0.2, -0.15) is 4.31 Å². The van der Waals surface area contributed by atoms with Crippen LogP contribution in [0.4, 0.5) is 0 Å². The molecule has 1 heterocycles. The molecular formula is C15H16ClNO3S2. The lowest BCUT2D eigenvalue weighted by Gasteiger charge is -2.21. The third-order valence-corrected chi connectivity index (χ3v) is 6.05. The molecule has 0 aliphatic carbocycles. The molecule has 7 heteroatoms. The van der Waals surface area contributed by atoms with Crippen molar-refractivity contribution in [2.45, 2.75) is 11.4 Å². The van der Waals surface area contributed by atoms with Crippen molar-refractivity contribution in [3.8, 4) is 5.75 Å². The normalized spacial score (nSPS) is 11.6. The molecule has 0 N–H and O–H groups in total. The van der Waals surface area contributed by atoms with Gasteiger partial charge in [-0.25, -0.2) is 8.42 Å². The lowest BCUT2D eigenvalue weighted by atomic mass is 10.3. The van der Waals surface area contributed by atoms with Crippen LogP contribution in [0.5, 0.6) is 5.75 Å². The van der Waals surface area contributed by atoms with Crippen LogP contribution < -0.4 is 4.74 Å². The molecule has 0 amide bonds. The van der Waals surface area contributed by atoms with Gasteiger partial charge in [0.2, 0.25) is 10.0 Å². The zero-order chi connectivity index (χ0) is 16.2. The van der Waals surface area contributed by atoms with Crippen LogP contribution in [0.15, 0.2) is 53.9 Å². The quantitative estimate of drug-likeness (QED) is 0.708. The molecule has 0 spiro atoms. The Labute approximate surface area is 139 Å². The second kappa shape index (κ2) is 7.28. The van der Waals surface area contributed by atoms with Crippen LogP contribution >= 0.6 is 22.9 Å². The average molecular weight is 358 g/mol. The van der Waals surface area contributed by atoms with Gasteiger partial charge in [-0.1, -0.05) is 29.8 Å². The van der Waals surface area contributed by atoms with Crippen molar-refractivity contribution in [1.29, 1.82) is 0 Å². The molecule has 0 unspecified atom stereocenters. The van der Waals surface area contributed by atoms with E-state index in [-0.39, 0.29) is 18.0 Å². The third-order valence-electron chi connectivity index (χ3n) is 2.98. The highest BCUT2D eigenvalue weighted by Crippen LogP contribution is 2.29. The molecule has 0 aliphatic heterocycles. The standard InChI is InChI=1S/C15H16ClNO3S2/c1-3-10-17(11-12-8-9-15(16)21-12)22(18,19)14-7-5-4-6-13(14)20-2/h3-9H,1,10-11H2,2H3. The van der Waals surface area contributed by atoms with Gasteiger partial charge >= 0.3 is 0 Å². The summed E-state index contributed by atoms with van der Waals surface area (Å²) < 4.78 is 32.9. The number of hydrogen-bond acceptors (Lipinski definition) is 4. The monoisotopic (exact) mass is 357 g/mol. The molecule has 1 aromatic heterocycles. The predicted octanol–water partition coefficient (Wildman–Crippen LogP) is 3.79. The number of hydrogen-bond donors (Lipinski definition) is 0. The van der Waals surface area contributed by atoms with Crippen molar-refractivity contribution in [1.82, 2.24) is 4.31 Å². The van der Waals surface area contributed by atoms with Gasteiger partial charge in [0.15, 0.2) is 0 Å². The molecule has 2 aromatic rings. The maximum absolute atomic E-state index is 12.9. The summed E-state index contributed by atoms with van der Waals surface area (Å²) in [5, 5.41) is 0. The fraction of sp³-hybridized carbons (Fsp3) is 0.200. The van der Waals surface area contributed by atoms with Crippen LogP contribution in [0.3, 0.4) is 0 Å². The molecule has 2 rings (SSSR count). The highest BCUT2D eigenvalue weighted by molar-refractivity contribution is 7.89. The number of sulfonamides is 1. The molecule has 118 valence electrons. The summed E-state index contributed by atoms with van der Waals surface area (Å²) in [4.78, 5) is 1.01. The van der Waals surface area contributed by atoms with E-state index in [1.807, 2.05) is 6.07 Å². The maximum Gasteiger partial charge on any atom is 0.247 e. The van der Waals surface area contributed by atoms with E-state index in [9.17, 15) is 8.42 Å². The van der Waals surface area contributed by atoms with Crippen LogP contribution in [-0.2, 0) is 16.6 Å². The molecule has 0 fully saturated rings. The first-order chi connectivity index (χ1) is 10.5. The lowest BCUT2D eigenvalue weighted by molar-refractivity contribution is 0.395. The first-order valence-electron chi connectivity index (χ1n) is 6.47. The molecule has 0 bridgehead atoms. The summed E-state index contributed by atoms with van der Waals surface area (Å²) >= 11 is 7.27. The molecule has 0 aliphatic rings. The molecule has 22 heavy (non-hydrogen) atoms. The summed E-state index contributed by atoms with van der Waals surface area (Å²) in [6.07, 6.45) is 1.56. The molecule has 0 radical (unpaired) electrons. The van der Waals surface area contributed by atoms with Gasteiger partial charge in [0, 0.05) is 18.0 Å². The number of methoxy groups -OCH3 is 1. The van der Waals surface area contributed by atoms with Crippen LogP contribution in [0.2, 0.25) is 4.34 Å². The smallest absolute Gasteiger partial charge is 0.247 e. The average Bonchev–Trinajstić information content (AvgIpc) is 2.92. The van der Waals surface area contributed by atoms with E-state index in [1.54, 1.807) is 30.3 Å².